The fourth-order valence-corrected chi connectivity index (χ4v) is 1.14. The summed E-state index contributed by atoms with van der Waals surface area (Å²) < 4.78 is 4.57. The Bertz CT molecular complexity index is 578. The average molecular weight is 274 g/mol. The summed E-state index contributed by atoms with van der Waals surface area (Å²) in [7, 11) is 0. The Morgan fingerprint density at radius 2 is 1.45 bits per heavy atom. The number of para-hydroxylation sites is 3. The molecule has 0 spiro atoms. The van der Waals surface area contributed by atoms with Crippen LogP contribution in [0.15, 0.2) is 54.6 Å². The normalized spacial score (nSPS) is 9.05. The van der Waals surface area contributed by atoms with Crippen LogP contribution >= 0.6 is 0 Å². The fraction of sp³-hybridized carbons (Fsp3) is 0.0667. The maximum atomic E-state index is 10.8. The van der Waals surface area contributed by atoms with Crippen LogP contribution in [0.25, 0.3) is 0 Å². The van der Waals surface area contributed by atoms with E-state index < -0.39 is 11.8 Å². The number of carbonyl (C=O) groups is 2. The molecule has 0 bridgehead atoms. The molecular weight excluding hydrogens is 260 g/mol. The Morgan fingerprint density at radius 3 is 1.90 bits per heavy atom. The van der Waals surface area contributed by atoms with Crippen molar-refractivity contribution in [3.8, 4) is 17.2 Å². The van der Waals surface area contributed by atoms with E-state index in [1.807, 2.05) is 6.07 Å². The van der Waals surface area contributed by atoms with Crippen molar-refractivity contribution in [3.63, 3.8) is 0 Å². The quantitative estimate of drug-likeness (QED) is 0.498. The van der Waals surface area contributed by atoms with Crippen molar-refractivity contribution in [2.45, 2.75) is 6.92 Å². The van der Waals surface area contributed by atoms with E-state index in [4.69, 9.17) is 10.2 Å². The third-order valence-electron chi connectivity index (χ3n) is 2.11. The van der Waals surface area contributed by atoms with Crippen molar-refractivity contribution >= 4 is 11.8 Å². The number of ketones is 1. The molecule has 104 valence electrons. The Hall–Kier alpha value is -2.82. The van der Waals surface area contributed by atoms with Gasteiger partial charge in [0, 0.05) is 6.92 Å². The van der Waals surface area contributed by atoms with Crippen molar-refractivity contribution in [1.29, 1.82) is 0 Å². The van der Waals surface area contributed by atoms with E-state index in [0.29, 0.717) is 5.75 Å². The number of rotatable bonds is 2. The van der Waals surface area contributed by atoms with Crippen LogP contribution in [-0.4, -0.2) is 22.0 Å². The Labute approximate surface area is 116 Å². The number of hydrogen-bond donors (Lipinski definition) is 2. The molecule has 5 nitrogen and oxygen atoms in total. The molecule has 0 saturated heterocycles. The highest BCUT2D eigenvalue weighted by molar-refractivity contribution is 6.33. The monoisotopic (exact) mass is 274 g/mol. The van der Waals surface area contributed by atoms with Crippen molar-refractivity contribution in [1.82, 2.24) is 0 Å². The second kappa shape index (κ2) is 7.58. The summed E-state index contributed by atoms with van der Waals surface area (Å²) in [6.07, 6.45) is 0. The summed E-state index contributed by atoms with van der Waals surface area (Å²) in [5, 5.41) is 17.8. The lowest BCUT2D eigenvalue weighted by molar-refractivity contribution is -0.146. The first-order valence-corrected chi connectivity index (χ1v) is 5.75. The molecule has 0 saturated carbocycles. The molecule has 0 aliphatic heterocycles. The first kappa shape index (κ1) is 15.2. The van der Waals surface area contributed by atoms with E-state index in [1.165, 1.54) is 12.1 Å². The first-order chi connectivity index (χ1) is 9.50. The van der Waals surface area contributed by atoms with Crippen LogP contribution in [0.1, 0.15) is 6.92 Å². The van der Waals surface area contributed by atoms with Crippen LogP contribution < -0.4 is 4.74 Å². The minimum Gasteiger partial charge on any atom is -0.508 e. The number of phenols is 2. The van der Waals surface area contributed by atoms with Crippen LogP contribution in [0.3, 0.4) is 0 Å². The van der Waals surface area contributed by atoms with Gasteiger partial charge in [-0.25, -0.2) is 4.79 Å². The molecule has 0 aliphatic rings. The van der Waals surface area contributed by atoms with E-state index in [1.54, 1.807) is 36.4 Å². The largest absolute Gasteiger partial charge is 0.508 e. The van der Waals surface area contributed by atoms with Crippen molar-refractivity contribution < 1.29 is 24.5 Å². The highest BCUT2D eigenvalue weighted by Gasteiger charge is 2.12. The molecule has 0 radical (unpaired) electrons. The number of ether oxygens (including phenoxy) is 1. The summed E-state index contributed by atoms with van der Waals surface area (Å²) in [5.74, 6) is -1.55. The smallest absolute Gasteiger partial charge is 0.379 e. The summed E-state index contributed by atoms with van der Waals surface area (Å²) in [5.41, 5.74) is 0. The Morgan fingerprint density at radius 1 is 0.900 bits per heavy atom. The summed E-state index contributed by atoms with van der Waals surface area (Å²) in [6.45, 7) is 1.10. The highest BCUT2D eigenvalue weighted by Crippen LogP contribution is 2.24. The fourth-order valence-electron chi connectivity index (χ4n) is 1.14. The van der Waals surface area contributed by atoms with Gasteiger partial charge in [0.25, 0.3) is 0 Å². The number of aromatic hydroxyl groups is 2. The van der Waals surface area contributed by atoms with Crippen molar-refractivity contribution in [2.24, 2.45) is 0 Å². The van der Waals surface area contributed by atoms with Gasteiger partial charge in [0.05, 0.1) is 0 Å². The van der Waals surface area contributed by atoms with Gasteiger partial charge in [0.1, 0.15) is 5.75 Å². The zero-order chi connectivity index (χ0) is 15.0. The van der Waals surface area contributed by atoms with E-state index in [0.717, 1.165) is 6.92 Å². The van der Waals surface area contributed by atoms with E-state index in [-0.39, 0.29) is 11.5 Å². The molecule has 2 aromatic carbocycles. The van der Waals surface area contributed by atoms with Crippen LogP contribution in [0.4, 0.5) is 0 Å². The molecule has 20 heavy (non-hydrogen) atoms. The van der Waals surface area contributed by atoms with Gasteiger partial charge in [-0.2, -0.15) is 0 Å². The summed E-state index contributed by atoms with van der Waals surface area (Å²) in [4.78, 5) is 21.3. The third-order valence-corrected chi connectivity index (χ3v) is 2.11. The maximum Gasteiger partial charge on any atom is 0.379 e. The summed E-state index contributed by atoms with van der Waals surface area (Å²) in [6, 6.07) is 14.6. The number of hydrogen-bond acceptors (Lipinski definition) is 5. The van der Waals surface area contributed by atoms with Gasteiger partial charge in [-0.05, 0) is 24.3 Å². The molecule has 2 rings (SSSR count). The van der Waals surface area contributed by atoms with Gasteiger partial charge in [-0.15, -0.1) is 0 Å². The maximum absolute atomic E-state index is 10.8. The molecule has 2 N–H and O–H groups in total. The highest BCUT2D eigenvalue weighted by atomic mass is 16.5. The molecule has 0 amide bonds. The van der Waals surface area contributed by atoms with Crippen molar-refractivity contribution in [2.75, 3.05) is 0 Å². The lowest BCUT2D eigenvalue weighted by Crippen LogP contribution is -2.16. The van der Waals surface area contributed by atoms with Gasteiger partial charge >= 0.3 is 5.97 Å². The summed E-state index contributed by atoms with van der Waals surface area (Å²) >= 11 is 0. The predicted molar refractivity (Wildman–Crippen MR) is 72.5 cm³/mol. The number of esters is 1. The number of carbonyl (C=O) groups excluding carboxylic acids is 2. The minimum absolute atomic E-state index is 0.0114. The molecule has 0 fully saturated rings. The predicted octanol–water partition coefficient (Wildman–Crippen LogP) is 2.28. The molecule has 0 unspecified atom stereocenters. The number of phenolic OH excluding ortho intramolecular Hbond substituents is 2. The molecule has 2 aromatic rings. The Kier molecular flexibility index (Phi) is 5.77. The van der Waals surface area contributed by atoms with E-state index in [2.05, 4.69) is 4.74 Å². The first-order valence-electron chi connectivity index (χ1n) is 5.75. The molecular formula is C15H14O5. The van der Waals surface area contributed by atoms with Crippen LogP contribution in [-0.2, 0) is 9.59 Å². The standard InChI is InChI=1S/C9H8O4.C6H6O/c1-6(10)9(12)13-8-5-3-2-4-7(8)11;7-6-4-2-1-3-5-6/h2-5,11H,1H3;1-5,7H. The Balaban J connectivity index is 0.000000240. The van der Waals surface area contributed by atoms with Gasteiger partial charge in [0.2, 0.25) is 5.78 Å². The topological polar surface area (TPSA) is 83.8 Å². The van der Waals surface area contributed by atoms with E-state index >= 15 is 0 Å². The number of benzene rings is 2. The SMILES string of the molecule is CC(=O)C(=O)Oc1ccccc1O.Oc1ccccc1. The molecule has 0 heterocycles. The van der Waals surface area contributed by atoms with Gasteiger partial charge in [0.15, 0.2) is 11.5 Å². The van der Waals surface area contributed by atoms with Crippen LogP contribution in [0.2, 0.25) is 0 Å². The number of Topliss-reactive ketones (excluding diaryl/α,β-unsaturated/α-hetero) is 1. The third kappa shape index (κ3) is 5.22. The average Bonchev–Trinajstić information content (AvgIpc) is 2.43. The van der Waals surface area contributed by atoms with Gasteiger partial charge < -0.3 is 14.9 Å². The molecule has 0 aromatic heterocycles. The second-order valence-electron chi connectivity index (χ2n) is 3.75. The van der Waals surface area contributed by atoms with Gasteiger partial charge in [-0.1, -0.05) is 30.3 Å². The lowest BCUT2D eigenvalue weighted by Gasteiger charge is -2.02. The van der Waals surface area contributed by atoms with E-state index in [9.17, 15) is 9.59 Å². The minimum atomic E-state index is -0.985. The van der Waals surface area contributed by atoms with Crippen molar-refractivity contribution in [3.05, 3.63) is 54.6 Å². The second-order valence-corrected chi connectivity index (χ2v) is 3.75. The van der Waals surface area contributed by atoms with Crippen LogP contribution in [0.5, 0.6) is 17.2 Å². The molecule has 0 atom stereocenters. The molecule has 5 heteroatoms. The zero-order valence-corrected chi connectivity index (χ0v) is 10.8. The zero-order valence-electron chi connectivity index (χ0n) is 10.8. The molecule has 0 aliphatic carbocycles. The van der Waals surface area contributed by atoms with Crippen LogP contribution in [0, 0.1) is 0 Å². The lowest BCUT2D eigenvalue weighted by atomic mass is 10.3. The van der Waals surface area contributed by atoms with Gasteiger partial charge in [-0.3, -0.25) is 4.79 Å².